The quantitative estimate of drug-likeness (QED) is 0.358. The maximum atomic E-state index is 13.1. The van der Waals surface area contributed by atoms with Crippen molar-refractivity contribution in [1.82, 2.24) is 20.1 Å². The van der Waals surface area contributed by atoms with Gasteiger partial charge in [0.05, 0.1) is 22.3 Å². The van der Waals surface area contributed by atoms with E-state index in [1.165, 1.54) is 37.0 Å². The number of ketones is 1. The van der Waals surface area contributed by atoms with Crippen LogP contribution in [0.5, 0.6) is 0 Å². The second-order valence-corrected chi connectivity index (χ2v) is 7.96. The molecule has 0 atom stereocenters. The molecule has 3 aromatic rings. The van der Waals surface area contributed by atoms with E-state index >= 15 is 0 Å². The van der Waals surface area contributed by atoms with E-state index < -0.39 is 17.6 Å². The second kappa shape index (κ2) is 11.6. The highest BCUT2D eigenvalue weighted by Crippen LogP contribution is 2.28. The number of pyridine rings is 1. The predicted molar refractivity (Wildman–Crippen MR) is 128 cm³/mol. The van der Waals surface area contributed by atoms with Crippen molar-refractivity contribution in [3.05, 3.63) is 68.0 Å². The standard InChI is InChI=1S/C19H14BrCl2N5O3.C2H3N/c1-9-6-10(21)7-11(16(28)19(30)23-2)15(9)25-18(29)13-8-14(20)26-27(13)17-12(22)4-3-5-24-17;1-2-3/h3-8H,1-2H3,(H,23,30)(H,25,29);1H3. The molecule has 9 nitrogen and oxygen atoms in total. The summed E-state index contributed by atoms with van der Waals surface area (Å²) in [4.78, 5) is 41.6. The molecule has 0 saturated heterocycles. The first-order valence-corrected chi connectivity index (χ1v) is 10.7. The fourth-order valence-corrected chi connectivity index (χ4v) is 3.56. The topological polar surface area (TPSA) is 130 Å². The van der Waals surface area contributed by atoms with E-state index in [-0.39, 0.29) is 27.8 Å². The molecule has 170 valence electrons. The Morgan fingerprint density at radius 3 is 2.48 bits per heavy atom. The van der Waals surface area contributed by atoms with Gasteiger partial charge in [0.2, 0.25) is 0 Å². The maximum Gasteiger partial charge on any atom is 0.292 e. The van der Waals surface area contributed by atoms with Crippen LogP contribution >= 0.6 is 39.1 Å². The van der Waals surface area contributed by atoms with Crippen molar-refractivity contribution < 1.29 is 14.4 Å². The molecule has 0 bridgehead atoms. The Hall–Kier alpha value is -3.26. The number of nitrogens with zero attached hydrogens (tertiary/aromatic N) is 4. The van der Waals surface area contributed by atoms with Crippen LogP contribution in [0.1, 0.15) is 33.3 Å². The van der Waals surface area contributed by atoms with Gasteiger partial charge in [0.25, 0.3) is 17.6 Å². The highest BCUT2D eigenvalue weighted by Gasteiger charge is 2.24. The summed E-state index contributed by atoms with van der Waals surface area (Å²) in [5, 5.41) is 17.0. The van der Waals surface area contributed by atoms with Crippen LogP contribution in [0.4, 0.5) is 5.69 Å². The number of carbonyl (C=O) groups is 3. The van der Waals surface area contributed by atoms with Crippen LogP contribution < -0.4 is 10.6 Å². The molecule has 2 aromatic heterocycles. The van der Waals surface area contributed by atoms with E-state index in [4.69, 9.17) is 28.5 Å². The molecule has 33 heavy (non-hydrogen) atoms. The number of rotatable bonds is 5. The fourth-order valence-electron chi connectivity index (χ4n) is 2.71. The van der Waals surface area contributed by atoms with Gasteiger partial charge in [-0.05, 0) is 52.7 Å². The molecule has 2 amide bonds. The minimum absolute atomic E-state index is 0.0336. The van der Waals surface area contributed by atoms with Crippen LogP contribution in [0, 0.1) is 18.3 Å². The lowest BCUT2D eigenvalue weighted by molar-refractivity contribution is -0.116. The van der Waals surface area contributed by atoms with Gasteiger partial charge in [-0.3, -0.25) is 14.4 Å². The molecule has 0 aliphatic carbocycles. The molecule has 0 radical (unpaired) electrons. The first-order valence-electron chi connectivity index (χ1n) is 9.19. The second-order valence-electron chi connectivity index (χ2n) is 6.30. The van der Waals surface area contributed by atoms with Gasteiger partial charge in [-0.1, -0.05) is 23.2 Å². The number of likely N-dealkylation sites (N-methyl/N-ethyl adjacent to an activating group) is 1. The molecule has 0 aliphatic heterocycles. The van der Waals surface area contributed by atoms with Crippen LogP contribution in [0.15, 0.2) is 41.1 Å². The average molecular weight is 552 g/mol. The molecule has 12 heteroatoms. The van der Waals surface area contributed by atoms with Crippen LogP contribution in [-0.4, -0.2) is 39.4 Å². The molecule has 3 rings (SSSR count). The van der Waals surface area contributed by atoms with E-state index in [0.29, 0.717) is 15.2 Å². The lowest BCUT2D eigenvalue weighted by Gasteiger charge is -2.14. The number of hydrogen-bond acceptors (Lipinski definition) is 6. The largest absolute Gasteiger partial charge is 0.352 e. The molecule has 2 heterocycles. The van der Waals surface area contributed by atoms with Crippen LogP contribution in [0.25, 0.3) is 5.82 Å². The molecule has 0 aliphatic rings. The molecule has 0 fully saturated rings. The van der Waals surface area contributed by atoms with E-state index in [9.17, 15) is 14.4 Å². The van der Waals surface area contributed by atoms with Crippen LogP contribution in [0.3, 0.4) is 0 Å². The summed E-state index contributed by atoms with van der Waals surface area (Å²) in [6.07, 6.45) is 1.52. The monoisotopic (exact) mass is 550 g/mol. The summed E-state index contributed by atoms with van der Waals surface area (Å²) >= 11 is 15.5. The minimum atomic E-state index is -0.833. The summed E-state index contributed by atoms with van der Waals surface area (Å²) in [6, 6.07) is 9.39. The molecule has 0 saturated carbocycles. The Balaban J connectivity index is 0.00000122. The number of aromatic nitrogens is 3. The van der Waals surface area contributed by atoms with Gasteiger partial charge in [-0.25, -0.2) is 9.67 Å². The van der Waals surface area contributed by atoms with Gasteiger partial charge in [0.1, 0.15) is 10.3 Å². The third-order valence-corrected chi connectivity index (χ3v) is 4.97. The summed E-state index contributed by atoms with van der Waals surface area (Å²) in [5.74, 6) is -2.00. The van der Waals surface area contributed by atoms with E-state index in [1.54, 1.807) is 31.2 Å². The number of nitrogens with one attached hydrogen (secondary N) is 2. The maximum absolute atomic E-state index is 13.1. The number of nitriles is 1. The van der Waals surface area contributed by atoms with Crippen LogP contribution in [0.2, 0.25) is 10.0 Å². The molecular formula is C21H17BrCl2N6O3. The average Bonchev–Trinajstić information content (AvgIpc) is 3.16. The van der Waals surface area contributed by atoms with Gasteiger partial charge < -0.3 is 10.6 Å². The Bertz CT molecular complexity index is 1270. The zero-order valence-corrected chi connectivity index (χ0v) is 20.7. The predicted octanol–water partition coefficient (Wildman–Crippen LogP) is 4.36. The number of hydrogen-bond donors (Lipinski definition) is 2. The normalized spacial score (nSPS) is 9.85. The van der Waals surface area contributed by atoms with Gasteiger partial charge in [-0.15, -0.1) is 0 Å². The Morgan fingerprint density at radius 1 is 1.21 bits per heavy atom. The molecule has 2 N–H and O–H groups in total. The lowest BCUT2D eigenvalue weighted by atomic mass is 10.0. The Labute approximate surface area is 207 Å². The number of amides is 2. The summed E-state index contributed by atoms with van der Waals surface area (Å²) < 4.78 is 1.65. The van der Waals surface area contributed by atoms with Crippen molar-refractivity contribution in [2.45, 2.75) is 13.8 Å². The van der Waals surface area contributed by atoms with Gasteiger partial charge in [0, 0.05) is 31.3 Å². The lowest BCUT2D eigenvalue weighted by Crippen LogP contribution is -2.29. The summed E-state index contributed by atoms with van der Waals surface area (Å²) in [7, 11) is 1.34. The summed E-state index contributed by atoms with van der Waals surface area (Å²) in [5.41, 5.74) is 0.738. The number of benzene rings is 1. The number of carbonyl (C=O) groups excluding carboxylic acids is 3. The number of Topliss-reactive ketones (excluding diaryl/α,β-unsaturated/α-hetero) is 1. The smallest absolute Gasteiger partial charge is 0.292 e. The van der Waals surface area contributed by atoms with Crippen molar-refractivity contribution in [2.24, 2.45) is 0 Å². The van der Waals surface area contributed by atoms with Gasteiger partial charge in [0.15, 0.2) is 5.82 Å². The molecule has 0 spiro atoms. The Kier molecular flexibility index (Phi) is 9.11. The van der Waals surface area contributed by atoms with Crippen molar-refractivity contribution in [3.63, 3.8) is 0 Å². The van der Waals surface area contributed by atoms with E-state index in [0.717, 1.165) is 0 Å². The highest BCUT2D eigenvalue weighted by molar-refractivity contribution is 9.10. The highest BCUT2D eigenvalue weighted by atomic mass is 79.9. The molecular weight excluding hydrogens is 535 g/mol. The van der Waals surface area contributed by atoms with Crippen molar-refractivity contribution in [1.29, 1.82) is 5.26 Å². The summed E-state index contributed by atoms with van der Waals surface area (Å²) in [6.45, 7) is 3.09. The van der Waals surface area contributed by atoms with Gasteiger partial charge in [-0.2, -0.15) is 10.4 Å². The zero-order valence-electron chi connectivity index (χ0n) is 17.6. The Morgan fingerprint density at radius 2 is 1.88 bits per heavy atom. The SMILES string of the molecule is CC#N.CNC(=O)C(=O)c1cc(Cl)cc(C)c1NC(=O)c1cc(Br)nn1-c1ncccc1Cl. The first-order chi connectivity index (χ1) is 15.6. The fraction of sp³-hybridized carbons (Fsp3) is 0.143. The van der Waals surface area contributed by atoms with Crippen molar-refractivity contribution >= 4 is 62.4 Å². The van der Waals surface area contributed by atoms with Gasteiger partial charge >= 0.3 is 0 Å². The van der Waals surface area contributed by atoms with Crippen LogP contribution in [-0.2, 0) is 4.79 Å². The van der Waals surface area contributed by atoms with E-state index in [1.807, 2.05) is 0 Å². The third kappa shape index (κ3) is 6.16. The van der Waals surface area contributed by atoms with Crippen molar-refractivity contribution in [3.8, 4) is 11.9 Å². The minimum Gasteiger partial charge on any atom is -0.352 e. The molecule has 1 aromatic carbocycles. The number of aryl methyl sites for hydroxylation is 1. The number of halogens is 3. The van der Waals surface area contributed by atoms with E-state index in [2.05, 4.69) is 36.6 Å². The third-order valence-electron chi connectivity index (χ3n) is 4.07. The zero-order chi connectivity index (χ0) is 24.7. The molecule has 0 unspecified atom stereocenters. The first kappa shape index (κ1) is 26.0. The van der Waals surface area contributed by atoms with Crippen molar-refractivity contribution in [2.75, 3.05) is 12.4 Å². The number of anilines is 1.